The molecule has 0 N–H and O–H groups in total. The zero-order valence-corrected chi connectivity index (χ0v) is 15.7. The standard InChI is InChI=1S/C21H28N3/c1-13-18-9-7-11-24-10-6-8-17(21(18)24)12-19(13)20-15(3)22-14(2)16(4)23(20)5/h12H,6-11H2,1-5H3/q+1. The van der Waals surface area contributed by atoms with Crippen molar-refractivity contribution in [2.75, 3.05) is 18.0 Å². The molecule has 3 heterocycles. The monoisotopic (exact) mass is 322 g/mol. The van der Waals surface area contributed by atoms with Crippen LogP contribution in [0.15, 0.2) is 6.07 Å². The van der Waals surface area contributed by atoms with Gasteiger partial charge in [0.1, 0.15) is 18.4 Å². The van der Waals surface area contributed by atoms with Crippen LogP contribution in [0.25, 0.3) is 11.3 Å². The first-order chi connectivity index (χ1) is 11.5. The Morgan fingerprint density at radius 1 is 1.00 bits per heavy atom. The molecule has 0 atom stereocenters. The average Bonchev–Trinajstić information content (AvgIpc) is 2.57. The van der Waals surface area contributed by atoms with Crippen LogP contribution in [0.4, 0.5) is 5.69 Å². The fraction of sp³-hybridized carbons (Fsp3) is 0.524. The summed E-state index contributed by atoms with van der Waals surface area (Å²) in [6, 6.07) is 2.46. The molecule has 2 aliphatic rings. The summed E-state index contributed by atoms with van der Waals surface area (Å²) >= 11 is 0. The van der Waals surface area contributed by atoms with Gasteiger partial charge in [0, 0.05) is 25.7 Å². The lowest BCUT2D eigenvalue weighted by molar-refractivity contribution is -0.667. The molecule has 2 aliphatic heterocycles. The number of nitrogens with zero attached hydrogens (tertiary/aromatic N) is 3. The van der Waals surface area contributed by atoms with Gasteiger partial charge < -0.3 is 4.90 Å². The summed E-state index contributed by atoms with van der Waals surface area (Å²) in [6.07, 6.45) is 5.00. The first-order valence-corrected chi connectivity index (χ1v) is 9.23. The van der Waals surface area contributed by atoms with E-state index in [1.54, 1.807) is 16.8 Å². The highest BCUT2D eigenvalue weighted by atomic mass is 15.1. The molecule has 126 valence electrons. The van der Waals surface area contributed by atoms with Gasteiger partial charge in [-0.05, 0) is 69.2 Å². The lowest BCUT2D eigenvalue weighted by atomic mass is 9.85. The molecular weight excluding hydrogens is 294 g/mol. The first kappa shape index (κ1) is 15.6. The molecule has 24 heavy (non-hydrogen) atoms. The molecule has 0 spiro atoms. The minimum absolute atomic E-state index is 1.13. The number of benzene rings is 1. The molecule has 0 fully saturated rings. The fourth-order valence-electron chi connectivity index (χ4n) is 4.68. The highest BCUT2D eigenvalue weighted by Crippen LogP contribution is 2.41. The summed E-state index contributed by atoms with van der Waals surface area (Å²) in [5.74, 6) is 0. The average molecular weight is 322 g/mol. The van der Waals surface area contributed by atoms with Crippen molar-refractivity contribution in [3.8, 4) is 11.3 Å². The van der Waals surface area contributed by atoms with Crippen LogP contribution >= 0.6 is 0 Å². The van der Waals surface area contributed by atoms with Gasteiger partial charge in [-0.25, -0.2) is 4.98 Å². The Morgan fingerprint density at radius 2 is 1.71 bits per heavy atom. The summed E-state index contributed by atoms with van der Waals surface area (Å²) in [6.45, 7) is 11.2. The minimum Gasteiger partial charge on any atom is -0.371 e. The van der Waals surface area contributed by atoms with Crippen LogP contribution in [0.2, 0.25) is 0 Å². The Bertz CT molecular complexity index is 834. The van der Waals surface area contributed by atoms with Gasteiger partial charge in [0.25, 0.3) is 0 Å². The smallest absolute Gasteiger partial charge is 0.234 e. The second kappa shape index (κ2) is 5.58. The lowest BCUT2D eigenvalue weighted by Crippen LogP contribution is -2.38. The van der Waals surface area contributed by atoms with Crippen LogP contribution in [0, 0.1) is 27.7 Å². The summed E-state index contributed by atoms with van der Waals surface area (Å²) in [4.78, 5) is 7.44. The second-order valence-corrected chi connectivity index (χ2v) is 7.51. The van der Waals surface area contributed by atoms with Gasteiger partial charge in [0.05, 0.1) is 5.56 Å². The molecule has 0 saturated heterocycles. The van der Waals surface area contributed by atoms with Crippen molar-refractivity contribution in [1.29, 1.82) is 0 Å². The van der Waals surface area contributed by atoms with Crippen LogP contribution in [0.1, 0.15) is 46.6 Å². The molecule has 2 aromatic rings. The van der Waals surface area contributed by atoms with Gasteiger partial charge in [-0.1, -0.05) is 0 Å². The van der Waals surface area contributed by atoms with Crippen molar-refractivity contribution < 1.29 is 4.57 Å². The van der Waals surface area contributed by atoms with Gasteiger partial charge in [-0.3, -0.25) is 0 Å². The molecule has 0 amide bonds. The topological polar surface area (TPSA) is 20.0 Å². The SMILES string of the molecule is Cc1nc(C)c(-c2cc3c4c(c2C)CCCN4CCC3)[n+](C)c1C. The van der Waals surface area contributed by atoms with Crippen molar-refractivity contribution in [1.82, 2.24) is 4.98 Å². The van der Waals surface area contributed by atoms with Crippen LogP contribution in [0.3, 0.4) is 0 Å². The number of hydrogen-bond acceptors (Lipinski definition) is 2. The van der Waals surface area contributed by atoms with E-state index in [-0.39, 0.29) is 0 Å². The Balaban J connectivity index is 2.00. The molecule has 3 heteroatoms. The zero-order chi connectivity index (χ0) is 17.0. The molecule has 0 radical (unpaired) electrons. The quantitative estimate of drug-likeness (QED) is 0.749. The molecule has 0 saturated carbocycles. The van der Waals surface area contributed by atoms with Gasteiger partial charge in [0.15, 0.2) is 5.69 Å². The van der Waals surface area contributed by atoms with E-state index >= 15 is 0 Å². The van der Waals surface area contributed by atoms with E-state index in [0.717, 1.165) is 11.4 Å². The molecule has 1 aromatic carbocycles. The molecule has 0 bridgehead atoms. The van der Waals surface area contributed by atoms with Crippen molar-refractivity contribution in [3.63, 3.8) is 0 Å². The van der Waals surface area contributed by atoms with Crippen molar-refractivity contribution in [3.05, 3.63) is 39.8 Å². The van der Waals surface area contributed by atoms with Gasteiger partial charge in [0.2, 0.25) is 5.69 Å². The number of aromatic nitrogens is 2. The largest absolute Gasteiger partial charge is 0.371 e. The summed E-state index contributed by atoms with van der Waals surface area (Å²) in [7, 11) is 2.18. The third-order valence-corrected chi connectivity index (χ3v) is 6.11. The Labute approximate surface area is 145 Å². The minimum atomic E-state index is 1.13. The number of rotatable bonds is 1. The van der Waals surface area contributed by atoms with Crippen LogP contribution in [-0.4, -0.2) is 18.1 Å². The molecule has 1 aromatic heterocycles. The highest BCUT2D eigenvalue weighted by molar-refractivity contribution is 5.75. The number of anilines is 1. The maximum absolute atomic E-state index is 4.82. The van der Waals surface area contributed by atoms with Gasteiger partial charge in [-0.2, -0.15) is 4.57 Å². The van der Waals surface area contributed by atoms with E-state index in [2.05, 4.69) is 50.3 Å². The summed E-state index contributed by atoms with van der Waals surface area (Å²) in [5, 5.41) is 0. The maximum atomic E-state index is 4.82. The Morgan fingerprint density at radius 3 is 2.46 bits per heavy atom. The van der Waals surface area contributed by atoms with Crippen molar-refractivity contribution in [2.24, 2.45) is 7.05 Å². The zero-order valence-electron chi connectivity index (χ0n) is 15.7. The Kier molecular flexibility index (Phi) is 3.63. The number of aryl methyl sites for hydroxylation is 3. The second-order valence-electron chi connectivity index (χ2n) is 7.51. The van der Waals surface area contributed by atoms with Crippen molar-refractivity contribution in [2.45, 2.75) is 53.4 Å². The van der Waals surface area contributed by atoms with E-state index in [0.29, 0.717) is 0 Å². The fourth-order valence-corrected chi connectivity index (χ4v) is 4.68. The molecular formula is C21H28N3+. The van der Waals surface area contributed by atoms with Crippen LogP contribution < -0.4 is 9.47 Å². The first-order valence-electron chi connectivity index (χ1n) is 9.23. The molecule has 0 aliphatic carbocycles. The maximum Gasteiger partial charge on any atom is 0.234 e. The predicted molar refractivity (Wildman–Crippen MR) is 98.7 cm³/mol. The summed E-state index contributed by atoms with van der Waals surface area (Å²) in [5.41, 5.74) is 12.4. The molecule has 0 unspecified atom stereocenters. The molecule has 3 nitrogen and oxygen atoms in total. The molecule has 4 rings (SSSR count). The number of hydrogen-bond donors (Lipinski definition) is 0. The van der Waals surface area contributed by atoms with Gasteiger partial charge >= 0.3 is 0 Å². The van der Waals surface area contributed by atoms with E-state index in [1.807, 2.05) is 0 Å². The van der Waals surface area contributed by atoms with Crippen LogP contribution in [-0.2, 0) is 19.9 Å². The normalized spacial score (nSPS) is 16.3. The third-order valence-electron chi connectivity index (χ3n) is 6.11. The highest BCUT2D eigenvalue weighted by Gasteiger charge is 2.29. The van der Waals surface area contributed by atoms with Crippen LogP contribution in [0.5, 0.6) is 0 Å². The Hall–Kier alpha value is -1.90. The van der Waals surface area contributed by atoms with E-state index in [4.69, 9.17) is 4.98 Å². The third kappa shape index (κ3) is 2.17. The predicted octanol–water partition coefficient (Wildman–Crippen LogP) is 3.51. The van der Waals surface area contributed by atoms with Crippen molar-refractivity contribution >= 4 is 5.69 Å². The lowest BCUT2D eigenvalue weighted by Gasteiger charge is -2.38. The van der Waals surface area contributed by atoms with Gasteiger partial charge in [-0.15, -0.1) is 0 Å². The van der Waals surface area contributed by atoms with E-state index in [9.17, 15) is 0 Å². The summed E-state index contributed by atoms with van der Waals surface area (Å²) < 4.78 is 2.34. The van der Waals surface area contributed by atoms with E-state index in [1.165, 1.54) is 61.3 Å². The van der Waals surface area contributed by atoms with E-state index < -0.39 is 0 Å².